The third-order valence-electron chi connectivity index (χ3n) is 6.80. The maximum absolute atomic E-state index is 13.0. The van der Waals surface area contributed by atoms with Gasteiger partial charge < -0.3 is 15.2 Å². The van der Waals surface area contributed by atoms with Crippen molar-refractivity contribution in [1.29, 1.82) is 5.26 Å². The van der Waals surface area contributed by atoms with Gasteiger partial charge in [-0.2, -0.15) is 5.26 Å². The van der Waals surface area contributed by atoms with Crippen molar-refractivity contribution in [3.63, 3.8) is 0 Å². The minimum atomic E-state index is -0.221. The number of nitrogens with one attached hydrogen (secondary N) is 2. The van der Waals surface area contributed by atoms with Gasteiger partial charge in [0.05, 0.1) is 41.9 Å². The summed E-state index contributed by atoms with van der Waals surface area (Å²) in [5, 5.41) is 15.2. The monoisotopic (exact) mass is 425 g/mol. The number of aromatic nitrogens is 2. The molecule has 0 radical (unpaired) electrons. The van der Waals surface area contributed by atoms with E-state index in [4.69, 9.17) is 5.26 Å². The minimum Gasteiger partial charge on any atom is -0.333 e. The first kappa shape index (κ1) is 20.3. The molecule has 0 spiro atoms. The largest absolute Gasteiger partial charge is 0.333 e. The first-order valence-corrected chi connectivity index (χ1v) is 11.4. The van der Waals surface area contributed by atoms with Crippen LogP contribution < -0.4 is 10.6 Å². The number of amides is 2. The Kier molecular flexibility index (Phi) is 5.64. The fourth-order valence-corrected chi connectivity index (χ4v) is 5.30. The van der Waals surface area contributed by atoms with Crippen LogP contribution in [0.2, 0.25) is 0 Å². The molecule has 2 atom stereocenters. The van der Waals surface area contributed by atoms with Crippen molar-refractivity contribution >= 4 is 11.7 Å². The van der Waals surface area contributed by atoms with Crippen LogP contribution >= 0.6 is 0 Å². The lowest BCUT2D eigenvalue weighted by molar-refractivity contribution is 0.233. The second-order valence-electron chi connectivity index (χ2n) is 8.85. The molecule has 1 saturated carbocycles. The number of fused-ring (bicyclic) bond motifs is 3. The van der Waals surface area contributed by atoms with Gasteiger partial charge in [0.1, 0.15) is 0 Å². The fourth-order valence-electron chi connectivity index (χ4n) is 5.30. The Hall–Kier alpha value is -3.59. The molecule has 1 aliphatic heterocycles. The second-order valence-corrected chi connectivity index (χ2v) is 8.85. The molecule has 1 aliphatic carbocycles. The Morgan fingerprint density at radius 2 is 1.91 bits per heavy atom. The highest BCUT2D eigenvalue weighted by molar-refractivity contribution is 5.89. The van der Waals surface area contributed by atoms with Crippen molar-refractivity contribution in [3.8, 4) is 17.3 Å². The van der Waals surface area contributed by atoms with E-state index in [1.54, 1.807) is 24.3 Å². The van der Waals surface area contributed by atoms with Crippen molar-refractivity contribution in [2.24, 2.45) is 5.92 Å². The summed E-state index contributed by atoms with van der Waals surface area (Å²) < 4.78 is 2.21. The maximum atomic E-state index is 13.0. The van der Waals surface area contributed by atoms with E-state index >= 15 is 0 Å². The summed E-state index contributed by atoms with van der Waals surface area (Å²) in [5.41, 5.74) is 4.78. The summed E-state index contributed by atoms with van der Waals surface area (Å²) in [5.74, 6) is 0.615. The molecule has 5 rings (SSSR count). The summed E-state index contributed by atoms with van der Waals surface area (Å²) in [6, 6.07) is 17.2. The molecule has 6 nitrogen and oxygen atoms in total. The highest BCUT2D eigenvalue weighted by Gasteiger charge is 2.36. The fraction of sp³-hybridized carbons (Fsp3) is 0.346. The van der Waals surface area contributed by atoms with Crippen LogP contribution in [0.15, 0.2) is 61.1 Å². The molecule has 2 unspecified atom stereocenters. The molecule has 2 heterocycles. The summed E-state index contributed by atoms with van der Waals surface area (Å²) >= 11 is 0. The number of nitriles is 1. The number of benzene rings is 2. The van der Waals surface area contributed by atoms with Crippen LogP contribution in [0, 0.1) is 17.2 Å². The molecule has 2 aliphatic rings. The number of hydrogen-bond donors (Lipinski definition) is 2. The molecule has 2 N–H and O–H groups in total. The van der Waals surface area contributed by atoms with E-state index in [2.05, 4.69) is 50.5 Å². The summed E-state index contributed by atoms with van der Waals surface area (Å²) in [6.07, 6.45) is 11.0. The standard InChI is InChI=1S/C26H27N5O/c27-15-19-10-12-20(13-11-19)29-26(32)30-23(14-18-6-2-1-3-7-18)25-22-9-5-4-8-21(22)24-16-28-17-31(24)25/h4-5,8-13,16-18,23,25H,1-3,6-7,14H2,(H2,29,30,32). The van der Waals surface area contributed by atoms with Crippen LogP contribution in [0.3, 0.4) is 0 Å². The van der Waals surface area contributed by atoms with Gasteiger partial charge in [0.15, 0.2) is 0 Å². The summed E-state index contributed by atoms with van der Waals surface area (Å²) in [7, 11) is 0. The Balaban J connectivity index is 1.41. The molecule has 32 heavy (non-hydrogen) atoms. The Bertz CT molecular complexity index is 1140. The zero-order valence-electron chi connectivity index (χ0n) is 18.0. The normalized spacial score (nSPS) is 18.3. The quantitative estimate of drug-likeness (QED) is 0.567. The smallest absolute Gasteiger partial charge is 0.319 e. The number of carbonyl (C=O) groups is 1. The van der Waals surface area contributed by atoms with Crippen molar-refractivity contribution < 1.29 is 4.79 Å². The molecule has 6 heteroatoms. The van der Waals surface area contributed by atoms with E-state index < -0.39 is 0 Å². The predicted molar refractivity (Wildman–Crippen MR) is 124 cm³/mol. The van der Waals surface area contributed by atoms with Gasteiger partial charge in [0.2, 0.25) is 0 Å². The van der Waals surface area contributed by atoms with E-state index in [1.807, 2.05) is 12.5 Å². The van der Waals surface area contributed by atoms with Gasteiger partial charge in [-0.1, -0.05) is 56.4 Å². The van der Waals surface area contributed by atoms with Gasteiger partial charge in [0.25, 0.3) is 0 Å². The van der Waals surface area contributed by atoms with Crippen LogP contribution in [-0.4, -0.2) is 21.6 Å². The Morgan fingerprint density at radius 3 is 2.69 bits per heavy atom. The molecular weight excluding hydrogens is 398 g/mol. The van der Waals surface area contributed by atoms with Gasteiger partial charge in [0, 0.05) is 11.3 Å². The van der Waals surface area contributed by atoms with E-state index in [0.717, 1.165) is 12.1 Å². The van der Waals surface area contributed by atoms with Crippen molar-refractivity contribution in [2.75, 3.05) is 5.32 Å². The third-order valence-corrected chi connectivity index (χ3v) is 6.80. The highest BCUT2D eigenvalue weighted by Crippen LogP contribution is 2.42. The average molecular weight is 426 g/mol. The summed E-state index contributed by atoms with van der Waals surface area (Å²) in [4.78, 5) is 17.4. The van der Waals surface area contributed by atoms with Crippen LogP contribution in [-0.2, 0) is 0 Å². The maximum Gasteiger partial charge on any atom is 0.319 e. The first-order chi connectivity index (χ1) is 15.7. The number of rotatable bonds is 5. The van der Waals surface area contributed by atoms with Gasteiger partial charge in [-0.05, 0) is 42.2 Å². The predicted octanol–water partition coefficient (Wildman–Crippen LogP) is 5.49. The second kappa shape index (κ2) is 8.88. The third kappa shape index (κ3) is 3.99. The number of nitrogens with zero attached hydrogens (tertiary/aromatic N) is 3. The molecule has 0 saturated heterocycles. The molecule has 1 aromatic heterocycles. The molecular formula is C26H27N5O. The molecule has 2 amide bonds. The minimum absolute atomic E-state index is 0.0253. The van der Waals surface area contributed by atoms with Crippen LogP contribution in [0.4, 0.5) is 10.5 Å². The SMILES string of the molecule is N#Cc1ccc(NC(=O)NC(CC2CCCCC2)C2c3ccccc3-c3cncn32)cc1. The van der Waals surface area contributed by atoms with Gasteiger partial charge in [-0.15, -0.1) is 0 Å². The number of anilines is 1. The van der Waals surface area contributed by atoms with Crippen molar-refractivity contribution in [2.45, 2.75) is 50.6 Å². The van der Waals surface area contributed by atoms with Crippen LogP contribution in [0.25, 0.3) is 11.3 Å². The van der Waals surface area contributed by atoms with Crippen LogP contribution in [0.1, 0.15) is 55.7 Å². The van der Waals surface area contributed by atoms with Crippen molar-refractivity contribution in [3.05, 3.63) is 72.2 Å². The number of urea groups is 1. The topological polar surface area (TPSA) is 82.7 Å². The summed E-state index contributed by atoms with van der Waals surface area (Å²) in [6.45, 7) is 0. The molecule has 162 valence electrons. The van der Waals surface area contributed by atoms with E-state index in [-0.39, 0.29) is 18.1 Å². The lowest BCUT2D eigenvalue weighted by Crippen LogP contribution is -2.44. The molecule has 3 aromatic rings. The lowest BCUT2D eigenvalue weighted by Gasteiger charge is -2.32. The Morgan fingerprint density at radius 1 is 1.12 bits per heavy atom. The lowest BCUT2D eigenvalue weighted by atomic mass is 9.82. The molecule has 2 aromatic carbocycles. The molecule has 0 bridgehead atoms. The van der Waals surface area contributed by atoms with Gasteiger partial charge >= 0.3 is 6.03 Å². The van der Waals surface area contributed by atoms with Crippen molar-refractivity contribution in [1.82, 2.24) is 14.9 Å². The highest BCUT2D eigenvalue weighted by atomic mass is 16.2. The van der Waals surface area contributed by atoms with Crippen LogP contribution in [0.5, 0.6) is 0 Å². The Labute approximate surface area is 188 Å². The zero-order valence-corrected chi connectivity index (χ0v) is 18.0. The number of imidazole rings is 1. The van der Waals surface area contributed by atoms with E-state index in [9.17, 15) is 4.79 Å². The molecule has 1 fully saturated rings. The van der Waals surface area contributed by atoms with Gasteiger partial charge in [-0.25, -0.2) is 9.78 Å². The van der Waals surface area contributed by atoms with E-state index in [0.29, 0.717) is 17.2 Å². The average Bonchev–Trinajstić information content (AvgIpc) is 3.41. The zero-order chi connectivity index (χ0) is 21.9. The first-order valence-electron chi connectivity index (χ1n) is 11.4. The van der Waals surface area contributed by atoms with Gasteiger partial charge in [-0.3, -0.25) is 0 Å². The number of carbonyl (C=O) groups excluding carboxylic acids is 1. The van der Waals surface area contributed by atoms with E-state index in [1.165, 1.54) is 43.2 Å². The number of hydrogen-bond acceptors (Lipinski definition) is 3.